The van der Waals surface area contributed by atoms with Crippen molar-refractivity contribution in [2.24, 2.45) is 5.92 Å². The summed E-state index contributed by atoms with van der Waals surface area (Å²) in [4.78, 5) is 0. The highest BCUT2D eigenvalue weighted by Crippen LogP contribution is 2.32. The van der Waals surface area contributed by atoms with Crippen molar-refractivity contribution in [3.8, 4) is 0 Å². The zero-order valence-corrected chi connectivity index (χ0v) is 12.5. The number of fused-ring (bicyclic) bond motifs is 3. The molecule has 1 N–H and O–H groups in total. The van der Waals surface area contributed by atoms with Crippen LogP contribution in [-0.2, 0) is 6.54 Å². The molecule has 1 saturated carbocycles. The molecule has 21 heavy (non-hydrogen) atoms. The fourth-order valence-corrected chi connectivity index (χ4v) is 3.41. The number of rotatable bonds is 5. The summed E-state index contributed by atoms with van der Waals surface area (Å²) in [6, 6.07) is 18.1. The summed E-state index contributed by atoms with van der Waals surface area (Å²) in [5, 5.41) is 6.42. The average Bonchev–Trinajstić information content (AvgIpc) is 3.33. The van der Waals surface area contributed by atoms with Crippen molar-refractivity contribution in [3.05, 3.63) is 48.5 Å². The third-order valence-corrected chi connectivity index (χ3v) is 4.81. The molecule has 1 aliphatic carbocycles. The van der Waals surface area contributed by atoms with Gasteiger partial charge in [-0.3, -0.25) is 0 Å². The highest BCUT2D eigenvalue weighted by Gasteiger charge is 2.27. The van der Waals surface area contributed by atoms with Gasteiger partial charge < -0.3 is 9.88 Å². The lowest BCUT2D eigenvalue weighted by Gasteiger charge is -2.14. The number of nitrogens with one attached hydrogen (secondary N) is 1. The standard InChI is InChI=1S/C19H22N2/c1-14(15-10-11-15)20-12-13-21-18-8-4-2-6-16(18)17-7-3-5-9-19(17)21/h2-9,14-15,20H,10-13H2,1H3. The van der Waals surface area contributed by atoms with Crippen molar-refractivity contribution < 1.29 is 0 Å². The molecule has 0 spiro atoms. The maximum Gasteiger partial charge on any atom is 0.0491 e. The van der Waals surface area contributed by atoms with Gasteiger partial charge in [-0.1, -0.05) is 36.4 Å². The molecule has 1 atom stereocenters. The van der Waals surface area contributed by atoms with Crippen molar-refractivity contribution >= 4 is 21.8 Å². The lowest BCUT2D eigenvalue weighted by Crippen LogP contribution is -2.30. The van der Waals surface area contributed by atoms with Crippen LogP contribution in [0, 0.1) is 5.92 Å². The first-order chi connectivity index (χ1) is 10.3. The summed E-state index contributed by atoms with van der Waals surface area (Å²) in [7, 11) is 0. The zero-order chi connectivity index (χ0) is 14.2. The Morgan fingerprint density at radius 1 is 1.00 bits per heavy atom. The van der Waals surface area contributed by atoms with E-state index < -0.39 is 0 Å². The van der Waals surface area contributed by atoms with Gasteiger partial charge >= 0.3 is 0 Å². The van der Waals surface area contributed by atoms with E-state index >= 15 is 0 Å². The van der Waals surface area contributed by atoms with E-state index in [1.54, 1.807) is 0 Å². The predicted molar refractivity (Wildman–Crippen MR) is 89.6 cm³/mol. The normalized spacial score (nSPS) is 16.6. The highest BCUT2D eigenvalue weighted by atomic mass is 15.0. The van der Waals surface area contributed by atoms with Crippen LogP contribution in [0.4, 0.5) is 0 Å². The zero-order valence-electron chi connectivity index (χ0n) is 12.5. The van der Waals surface area contributed by atoms with Crippen LogP contribution < -0.4 is 5.32 Å². The average molecular weight is 278 g/mol. The van der Waals surface area contributed by atoms with E-state index in [0.29, 0.717) is 6.04 Å². The maximum atomic E-state index is 3.69. The quantitative estimate of drug-likeness (QED) is 0.740. The number of hydrogen-bond donors (Lipinski definition) is 1. The van der Waals surface area contributed by atoms with Gasteiger partial charge in [-0.05, 0) is 37.8 Å². The first-order valence-corrected chi connectivity index (χ1v) is 8.04. The van der Waals surface area contributed by atoms with Gasteiger partial charge in [0.2, 0.25) is 0 Å². The molecule has 1 aliphatic rings. The third-order valence-electron chi connectivity index (χ3n) is 4.81. The molecule has 2 aromatic carbocycles. The van der Waals surface area contributed by atoms with Crippen molar-refractivity contribution in [2.45, 2.75) is 32.4 Å². The lowest BCUT2D eigenvalue weighted by molar-refractivity contribution is 0.481. The molecule has 2 nitrogen and oxygen atoms in total. The topological polar surface area (TPSA) is 17.0 Å². The van der Waals surface area contributed by atoms with Crippen LogP contribution in [0.2, 0.25) is 0 Å². The van der Waals surface area contributed by atoms with Crippen molar-refractivity contribution in [1.82, 2.24) is 9.88 Å². The van der Waals surface area contributed by atoms with Gasteiger partial charge in [-0.25, -0.2) is 0 Å². The van der Waals surface area contributed by atoms with Gasteiger partial charge in [0.1, 0.15) is 0 Å². The Kier molecular flexibility index (Phi) is 3.19. The number of nitrogens with zero attached hydrogens (tertiary/aromatic N) is 1. The summed E-state index contributed by atoms with van der Waals surface area (Å²) < 4.78 is 2.46. The van der Waals surface area contributed by atoms with E-state index in [0.717, 1.165) is 19.0 Å². The molecule has 1 heterocycles. The Morgan fingerprint density at radius 3 is 2.14 bits per heavy atom. The van der Waals surface area contributed by atoms with Crippen molar-refractivity contribution in [2.75, 3.05) is 6.54 Å². The molecular weight excluding hydrogens is 256 g/mol. The van der Waals surface area contributed by atoms with Gasteiger partial charge in [0.25, 0.3) is 0 Å². The van der Waals surface area contributed by atoms with E-state index in [4.69, 9.17) is 0 Å². The summed E-state index contributed by atoms with van der Waals surface area (Å²) in [6.07, 6.45) is 2.81. The first kappa shape index (κ1) is 12.9. The van der Waals surface area contributed by atoms with E-state index in [1.165, 1.54) is 34.6 Å². The second-order valence-electron chi connectivity index (χ2n) is 6.27. The molecule has 0 radical (unpaired) electrons. The molecule has 2 heteroatoms. The molecular formula is C19H22N2. The number of aromatic nitrogens is 1. The number of para-hydroxylation sites is 2. The third kappa shape index (κ3) is 2.34. The fourth-order valence-electron chi connectivity index (χ4n) is 3.41. The predicted octanol–water partition coefficient (Wildman–Crippen LogP) is 4.18. The second kappa shape index (κ2) is 5.19. The molecule has 1 aromatic heterocycles. The van der Waals surface area contributed by atoms with E-state index in [1.807, 2.05) is 0 Å². The monoisotopic (exact) mass is 278 g/mol. The minimum absolute atomic E-state index is 0.665. The molecule has 1 unspecified atom stereocenters. The van der Waals surface area contributed by atoms with E-state index in [2.05, 4.69) is 65.3 Å². The summed E-state index contributed by atoms with van der Waals surface area (Å²) in [5.41, 5.74) is 2.69. The van der Waals surface area contributed by atoms with Crippen LogP contribution in [0.1, 0.15) is 19.8 Å². The SMILES string of the molecule is CC(NCCn1c2ccccc2c2ccccc21)C1CC1. The van der Waals surface area contributed by atoms with Crippen LogP contribution >= 0.6 is 0 Å². The van der Waals surface area contributed by atoms with Crippen LogP contribution in [0.5, 0.6) is 0 Å². The van der Waals surface area contributed by atoms with Gasteiger partial charge in [0.05, 0.1) is 0 Å². The Morgan fingerprint density at radius 2 is 1.57 bits per heavy atom. The van der Waals surface area contributed by atoms with Gasteiger partial charge in [0, 0.05) is 40.9 Å². The molecule has 0 bridgehead atoms. The Balaban J connectivity index is 1.65. The minimum atomic E-state index is 0.665. The number of hydrogen-bond acceptors (Lipinski definition) is 1. The molecule has 3 aromatic rings. The van der Waals surface area contributed by atoms with Crippen molar-refractivity contribution in [3.63, 3.8) is 0 Å². The van der Waals surface area contributed by atoms with Crippen LogP contribution in [0.25, 0.3) is 21.8 Å². The first-order valence-electron chi connectivity index (χ1n) is 8.04. The summed E-state index contributed by atoms with van der Waals surface area (Å²) >= 11 is 0. The molecule has 108 valence electrons. The van der Waals surface area contributed by atoms with E-state index in [9.17, 15) is 0 Å². The van der Waals surface area contributed by atoms with Gasteiger partial charge in [-0.2, -0.15) is 0 Å². The Hall–Kier alpha value is -1.80. The smallest absolute Gasteiger partial charge is 0.0491 e. The molecule has 1 fully saturated rings. The van der Waals surface area contributed by atoms with Crippen LogP contribution in [0.3, 0.4) is 0 Å². The summed E-state index contributed by atoms with van der Waals surface area (Å²) in [5.74, 6) is 0.920. The Labute approximate surface area is 125 Å². The number of benzene rings is 2. The minimum Gasteiger partial charge on any atom is -0.339 e. The molecule has 0 amide bonds. The van der Waals surface area contributed by atoms with Gasteiger partial charge in [-0.15, -0.1) is 0 Å². The summed E-state index contributed by atoms with van der Waals surface area (Å²) in [6.45, 7) is 4.40. The largest absolute Gasteiger partial charge is 0.339 e. The molecule has 0 aliphatic heterocycles. The Bertz CT molecular complexity index is 714. The van der Waals surface area contributed by atoms with Gasteiger partial charge in [0.15, 0.2) is 0 Å². The fraction of sp³-hybridized carbons (Fsp3) is 0.368. The highest BCUT2D eigenvalue weighted by molar-refractivity contribution is 6.07. The lowest BCUT2D eigenvalue weighted by atomic mass is 10.2. The van der Waals surface area contributed by atoms with Crippen LogP contribution in [-0.4, -0.2) is 17.2 Å². The van der Waals surface area contributed by atoms with E-state index in [-0.39, 0.29) is 0 Å². The maximum absolute atomic E-state index is 3.69. The molecule has 4 rings (SSSR count). The van der Waals surface area contributed by atoms with Crippen LogP contribution in [0.15, 0.2) is 48.5 Å². The van der Waals surface area contributed by atoms with Crippen molar-refractivity contribution in [1.29, 1.82) is 0 Å². The molecule has 0 saturated heterocycles. The second-order valence-corrected chi connectivity index (χ2v) is 6.27.